The number of pyridine rings is 1. The maximum Gasteiger partial charge on any atom is 0.215 e. The second-order valence-electron chi connectivity index (χ2n) is 4.92. The van der Waals surface area contributed by atoms with Crippen LogP contribution in [-0.2, 0) is 16.4 Å². The standard InChI is InChI=1S/C13H18ClN3O3S/c1-9(14)12-15-10-5-6-11(20-2)16-13(10)17(12)7-4-8-21(3,18)19/h5-6,9H,4,7-8H2,1-3H3. The summed E-state index contributed by atoms with van der Waals surface area (Å²) in [6, 6.07) is 3.55. The van der Waals surface area contributed by atoms with Crippen molar-refractivity contribution in [2.24, 2.45) is 0 Å². The van der Waals surface area contributed by atoms with E-state index in [0.717, 1.165) is 5.52 Å². The number of alkyl halides is 1. The minimum absolute atomic E-state index is 0.118. The van der Waals surface area contributed by atoms with Crippen LogP contribution in [0, 0.1) is 0 Å². The summed E-state index contributed by atoms with van der Waals surface area (Å²) in [5, 5.41) is -0.288. The molecule has 1 atom stereocenters. The quantitative estimate of drug-likeness (QED) is 0.758. The molecule has 0 bridgehead atoms. The van der Waals surface area contributed by atoms with Crippen molar-refractivity contribution in [1.29, 1.82) is 0 Å². The first-order valence-electron chi connectivity index (χ1n) is 6.55. The highest BCUT2D eigenvalue weighted by atomic mass is 35.5. The molecule has 2 aromatic rings. The number of imidazole rings is 1. The van der Waals surface area contributed by atoms with Crippen LogP contribution in [0.15, 0.2) is 12.1 Å². The molecule has 0 aromatic carbocycles. The Balaban J connectivity index is 2.39. The second-order valence-corrected chi connectivity index (χ2v) is 7.83. The number of aryl methyl sites for hydroxylation is 1. The highest BCUT2D eigenvalue weighted by Crippen LogP contribution is 2.25. The van der Waals surface area contributed by atoms with Crippen LogP contribution in [0.25, 0.3) is 11.2 Å². The van der Waals surface area contributed by atoms with Gasteiger partial charge in [-0.25, -0.2) is 13.4 Å². The van der Waals surface area contributed by atoms with Gasteiger partial charge in [0.25, 0.3) is 0 Å². The summed E-state index contributed by atoms with van der Waals surface area (Å²) in [5.74, 6) is 1.29. The molecule has 21 heavy (non-hydrogen) atoms. The van der Waals surface area contributed by atoms with E-state index in [1.807, 2.05) is 17.6 Å². The molecule has 0 amide bonds. The lowest BCUT2D eigenvalue weighted by Gasteiger charge is -2.09. The van der Waals surface area contributed by atoms with Crippen molar-refractivity contribution in [2.45, 2.75) is 25.3 Å². The Morgan fingerprint density at radius 2 is 2.10 bits per heavy atom. The van der Waals surface area contributed by atoms with Crippen molar-refractivity contribution < 1.29 is 13.2 Å². The van der Waals surface area contributed by atoms with Crippen molar-refractivity contribution in [1.82, 2.24) is 14.5 Å². The third-order valence-electron chi connectivity index (χ3n) is 3.06. The summed E-state index contributed by atoms with van der Waals surface area (Å²) in [5.41, 5.74) is 1.38. The zero-order valence-electron chi connectivity index (χ0n) is 12.2. The molecule has 6 nitrogen and oxygen atoms in total. The second kappa shape index (κ2) is 6.19. The predicted octanol–water partition coefficient (Wildman–Crippen LogP) is 2.17. The predicted molar refractivity (Wildman–Crippen MR) is 82.7 cm³/mol. The van der Waals surface area contributed by atoms with Crippen molar-refractivity contribution in [2.75, 3.05) is 19.1 Å². The van der Waals surface area contributed by atoms with E-state index in [9.17, 15) is 8.42 Å². The summed E-state index contributed by atoms with van der Waals surface area (Å²) in [6.45, 7) is 2.32. The van der Waals surface area contributed by atoms with Crippen LogP contribution in [0.2, 0.25) is 0 Å². The first kappa shape index (κ1) is 16.0. The van der Waals surface area contributed by atoms with Gasteiger partial charge < -0.3 is 9.30 Å². The lowest BCUT2D eigenvalue weighted by Crippen LogP contribution is -2.10. The van der Waals surface area contributed by atoms with Gasteiger partial charge in [-0.3, -0.25) is 0 Å². The average molecular weight is 332 g/mol. The normalized spacial score (nSPS) is 13.5. The van der Waals surface area contributed by atoms with Gasteiger partial charge in [0.2, 0.25) is 5.88 Å². The number of fused-ring (bicyclic) bond motifs is 1. The molecule has 116 valence electrons. The topological polar surface area (TPSA) is 74.1 Å². The highest BCUT2D eigenvalue weighted by Gasteiger charge is 2.17. The van der Waals surface area contributed by atoms with E-state index >= 15 is 0 Å². The van der Waals surface area contributed by atoms with Gasteiger partial charge in [0.15, 0.2) is 5.65 Å². The maximum absolute atomic E-state index is 11.3. The van der Waals surface area contributed by atoms with Gasteiger partial charge in [0, 0.05) is 18.9 Å². The lowest BCUT2D eigenvalue weighted by molar-refractivity contribution is 0.399. The SMILES string of the molecule is COc1ccc2nc(C(C)Cl)n(CCCS(C)(=O)=O)c2n1. The first-order chi connectivity index (χ1) is 9.81. The van der Waals surface area contributed by atoms with E-state index in [1.54, 1.807) is 13.2 Å². The Hall–Kier alpha value is -1.34. The number of rotatable bonds is 6. The van der Waals surface area contributed by atoms with Gasteiger partial charge in [0.05, 0.1) is 18.2 Å². The van der Waals surface area contributed by atoms with E-state index in [1.165, 1.54) is 6.26 Å². The Morgan fingerprint density at radius 3 is 2.67 bits per heavy atom. The number of hydrogen-bond acceptors (Lipinski definition) is 5. The van der Waals surface area contributed by atoms with Crippen LogP contribution < -0.4 is 4.74 Å². The van der Waals surface area contributed by atoms with Crippen molar-refractivity contribution in [3.05, 3.63) is 18.0 Å². The minimum Gasteiger partial charge on any atom is -0.481 e. The Kier molecular flexibility index (Phi) is 4.73. The molecule has 0 spiro atoms. The van der Waals surface area contributed by atoms with E-state index in [-0.39, 0.29) is 11.1 Å². The fourth-order valence-corrected chi connectivity index (χ4v) is 2.94. The largest absolute Gasteiger partial charge is 0.481 e. The van der Waals surface area contributed by atoms with Gasteiger partial charge in [-0.1, -0.05) is 0 Å². The molecule has 0 radical (unpaired) electrons. The van der Waals surface area contributed by atoms with Gasteiger partial charge in [0.1, 0.15) is 21.2 Å². The Morgan fingerprint density at radius 1 is 1.38 bits per heavy atom. The van der Waals surface area contributed by atoms with Crippen molar-refractivity contribution in [3.63, 3.8) is 0 Å². The van der Waals surface area contributed by atoms with E-state index in [0.29, 0.717) is 30.3 Å². The molecular formula is C13H18ClN3O3S. The van der Waals surface area contributed by atoms with E-state index in [4.69, 9.17) is 16.3 Å². The molecule has 0 saturated heterocycles. The number of nitrogens with zero attached hydrogens (tertiary/aromatic N) is 3. The fourth-order valence-electron chi connectivity index (χ4n) is 2.12. The van der Waals surface area contributed by atoms with Crippen LogP contribution >= 0.6 is 11.6 Å². The molecule has 2 heterocycles. The van der Waals surface area contributed by atoms with E-state index in [2.05, 4.69) is 9.97 Å². The zero-order chi connectivity index (χ0) is 15.6. The van der Waals surface area contributed by atoms with Crippen LogP contribution in [-0.4, -0.2) is 42.1 Å². The molecule has 0 saturated carbocycles. The molecular weight excluding hydrogens is 314 g/mol. The molecule has 8 heteroatoms. The highest BCUT2D eigenvalue weighted by molar-refractivity contribution is 7.90. The number of ether oxygens (including phenoxy) is 1. The monoisotopic (exact) mass is 331 g/mol. The van der Waals surface area contributed by atoms with Crippen LogP contribution in [0.4, 0.5) is 0 Å². The van der Waals surface area contributed by atoms with Gasteiger partial charge in [-0.15, -0.1) is 11.6 Å². The Labute approximate surface area is 129 Å². The molecule has 1 unspecified atom stereocenters. The van der Waals surface area contributed by atoms with Gasteiger partial charge in [-0.05, 0) is 19.4 Å². The summed E-state index contributed by atoms with van der Waals surface area (Å²) < 4.78 is 29.5. The number of aromatic nitrogens is 3. The molecule has 0 aliphatic rings. The zero-order valence-corrected chi connectivity index (χ0v) is 13.8. The van der Waals surface area contributed by atoms with Crippen molar-refractivity contribution in [3.8, 4) is 5.88 Å². The molecule has 0 aliphatic carbocycles. The fraction of sp³-hybridized carbons (Fsp3) is 0.538. The lowest BCUT2D eigenvalue weighted by atomic mass is 10.4. The van der Waals surface area contributed by atoms with Crippen LogP contribution in [0.1, 0.15) is 24.5 Å². The van der Waals surface area contributed by atoms with E-state index < -0.39 is 9.84 Å². The first-order valence-corrected chi connectivity index (χ1v) is 9.04. The Bertz CT molecular complexity index is 740. The molecule has 2 rings (SSSR count). The smallest absolute Gasteiger partial charge is 0.215 e. The van der Waals surface area contributed by atoms with Crippen molar-refractivity contribution >= 4 is 32.6 Å². The molecule has 2 aromatic heterocycles. The molecule has 0 fully saturated rings. The number of halogens is 1. The third kappa shape index (κ3) is 3.85. The number of sulfone groups is 1. The summed E-state index contributed by atoms with van der Waals surface area (Å²) in [4.78, 5) is 8.85. The summed E-state index contributed by atoms with van der Waals surface area (Å²) >= 11 is 6.16. The maximum atomic E-state index is 11.3. The third-order valence-corrected chi connectivity index (χ3v) is 4.28. The minimum atomic E-state index is -2.99. The van der Waals surface area contributed by atoms with Gasteiger partial charge in [-0.2, -0.15) is 4.98 Å². The molecule has 0 aliphatic heterocycles. The summed E-state index contributed by atoms with van der Waals surface area (Å²) in [6.07, 6.45) is 1.71. The van der Waals surface area contributed by atoms with Gasteiger partial charge >= 0.3 is 0 Å². The average Bonchev–Trinajstić information content (AvgIpc) is 2.75. The number of hydrogen-bond donors (Lipinski definition) is 0. The van der Waals surface area contributed by atoms with Crippen LogP contribution in [0.5, 0.6) is 5.88 Å². The summed E-state index contributed by atoms with van der Waals surface area (Å²) in [7, 11) is -1.44. The van der Waals surface area contributed by atoms with Crippen LogP contribution in [0.3, 0.4) is 0 Å². The number of methoxy groups -OCH3 is 1. The molecule has 0 N–H and O–H groups in total.